The first-order chi connectivity index (χ1) is 11.7. The number of nitrogens with zero attached hydrogens (tertiary/aromatic N) is 6. The Bertz CT molecular complexity index is 745. The normalized spacial score (nSPS) is 14.4. The van der Waals surface area contributed by atoms with E-state index in [-0.39, 0.29) is 0 Å². The molecule has 0 atom stereocenters. The summed E-state index contributed by atoms with van der Waals surface area (Å²) in [6, 6.07) is 6.02. The predicted molar refractivity (Wildman–Crippen MR) is 94.3 cm³/mol. The van der Waals surface area contributed by atoms with Gasteiger partial charge in [0.05, 0.1) is 17.4 Å². The topological polar surface area (TPSA) is 81.0 Å². The lowest BCUT2D eigenvalue weighted by atomic mass is 10.2. The predicted octanol–water partition coefficient (Wildman–Crippen LogP) is 1.81. The monoisotopic (exact) mass is 323 g/mol. The molecule has 0 bridgehead atoms. The fraction of sp³-hybridized carbons (Fsp3) is 0.412. The van der Waals surface area contributed by atoms with Crippen molar-refractivity contribution in [3.63, 3.8) is 0 Å². The van der Waals surface area contributed by atoms with Gasteiger partial charge in [-0.15, -0.1) is 0 Å². The highest BCUT2D eigenvalue weighted by molar-refractivity contribution is 5.58. The highest BCUT2D eigenvalue weighted by Gasteiger charge is 2.21. The van der Waals surface area contributed by atoms with E-state index in [2.05, 4.69) is 36.1 Å². The summed E-state index contributed by atoms with van der Waals surface area (Å²) in [6.07, 6.45) is 3.43. The molecule has 0 aromatic carbocycles. The Labute approximate surface area is 142 Å². The third kappa shape index (κ3) is 3.38. The molecule has 1 fully saturated rings. The molecule has 0 spiro atoms. The van der Waals surface area contributed by atoms with Crippen LogP contribution in [-0.2, 0) is 0 Å². The number of hydrogen-bond acceptors (Lipinski definition) is 7. The number of aromatic nitrogens is 3. The quantitative estimate of drug-likeness (QED) is 0.919. The maximum absolute atomic E-state index is 9.25. The minimum Gasteiger partial charge on any atom is -0.366 e. The third-order valence-electron chi connectivity index (χ3n) is 4.04. The molecule has 0 unspecified atom stereocenters. The number of pyridine rings is 1. The number of piperazine rings is 1. The molecular formula is C17H21N7. The van der Waals surface area contributed by atoms with Crippen molar-refractivity contribution >= 4 is 17.5 Å². The molecule has 1 saturated heterocycles. The van der Waals surface area contributed by atoms with Gasteiger partial charge in [0.2, 0.25) is 5.95 Å². The molecule has 0 radical (unpaired) electrons. The lowest BCUT2D eigenvalue weighted by molar-refractivity contribution is 0.645. The number of anilines is 3. The van der Waals surface area contributed by atoms with Crippen molar-refractivity contribution in [1.29, 1.82) is 5.26 Å². The van der Waals surface area contributed by atoms with Crippen LogP contribution in [0.25, 0.3) is 0 Å². The lowest BCUT2D eigenvalue weighted by Gasteiger charge is -2.37. The van der Waals surface area contributed by atoms with E-state index in [4.69, 9.17) is 0 Å². The molecule has 0 aliphatic carbocycles. The van der Waals surface area contributed by atoms with Crippen LogP contribution in [0.15, 0.2) is 24.5 Å². The van der Waals surface area contributed by atoms with Crippen LogP contribution in [-0.4, -0.2) is 47.7 Å². The highest BCUT2D eigenvalue weighted by atomic mass is 15.3. The Kier molecular flexibility index (Phi) is 4.75. The van der Waals surface area contributed by atoms with E-state index >= 15 is 0 Å². The molecule has 124 valence electrons. The summed E-state index contributed by atoms with van der Waals surface area (Å²) in [6.45, 7) is 8.18. The van der Waals surface area contributed by atoms with E-state index in [1.165, 1.54) is 0 Å². The Morgan fingerprint density at radius 2 is 1.96 bits per heavy atom. The largest absolute Gasteiger partial charge is 0.366 e. The van der Waals surface area contributed by atoms with Crippen molar-refractivity contribution in [2.45, 2.75) is 13.8 Å². The zero-order valence-electron chi connectivity index (χ0n) is 14.0. The molecule has 0 amide bonds. The number of rotatable bonds is 4. The molecule has 0 saturated carbocycles. The van der Waals surface area contributed by atoms with Gasteiger partial charge in [-0.1, -0.05) is 0 Å². The average Bonchev–Trinajstić information content (AvgIpc) is 2.61. The minimum atomic E-state index is 0.672. The standard InChI is InChI=1S/C17H21N7/c1-3-20-17-21-13(2)10-16(22-17)24-8-6-23(7-9-24)15-12-19-5-4-14(15)11-18/h4-5,10,12H,3,6-9H2,1-2H3,(H,20,21,22). The summed E-state index contributed by atoms with van der Waals surface area (Å²) in [5.74, 6) is 1.62. The molecule has 7 heteroatoms. The fourth-order valence-corrected chi connectivity index (χ4v) is 2.86. The van der Waals surface area contributed by atoms with Crippen LogP contribution in [0.5, 0.6) is 0 Å². The molecule has 1 N–H and O–H groups in total. The smallest absolute Gasteiger partial charge is 0.224 e. The van der Waals surface area contributed by atoms with Crippen LogP contribution in [0.3, 0.4) is 0 Å². The summed E-state index contributed by atoms with van der Waals surface area (Å²) < 4.78 is 0. The van der Waals surface area contributed by atoms with Gasteiger partial charge in [-0.25, -0.2) is 4.98 Å². The molecule has 2 aromatic heterocycles. The van der Waals surface area contributed by atoms with Crippen molar-refractivity contribution in [1.82, 2.24) is 15.0 Å². The van der Waals surface area contributed by atoms with Gasteiger partial charge < -0.3 is 15.1 Å². The Morgan fingerprint density at radius 3 is 2.67 bits per heavy atom. The number of hydrogen-bond donors (Lipinski definition) is 1. The van der Waals surface area contributed by atoms with Gasteiger partial charge in [-0.3, -0.25) is 4.98 Å². The Hall–Kier alpha value is -2.88. The molecule has 1 aliphatic heterocycles. The van der Waals surface area contributed by atoms with Crippen molar-refractivity contribution < 1.29 is 0 Å². The zero-order chi connectivity index (χ0) is 16.9. The highest BCUT2D eigenvalue weighted by Crippen LogP contribution is 2.22. The van der Waals surface area contributed by atoms with Crippen molar-refractivity contribution in [3.8, 4) is 6.07 Å². The molecule has 3 rings (SSSR count). The summed E-state index contributed by atoms with van der Waals surface area (Å²) in [4.78, 5) is 17.6. The van der Waals surface area contributed by atoms with Crippen LogP contribution < -0.4 is 15.1 Å². The number of nitriles is 1. The van der Waals surface area contributed by atoms with E-state index in [0.29, 0.717) is 11.5 Å². The lowest BCUT2D eigenvalue weighted by Crippen LogP contribution is -2.47. The zero-order valence-corrected chi connectivity index (χ0v) is 14.0. The summed E-state index contributed by atoms with van der Waals surface area (Å²) >= 11 is 0. The van der Waals surface area contributed by atoms with E-state index in [9.17, 15) is 5.26 Å². The maximum atomic E-state index is 9.25. The van der Waals surface area contributed by atoms with E-state index < -0.39 is 0 Å². The number of aryl methyl sites for hydroxylation is 1. The molecule has 1 aliphatic rings. The average molecular weight is 323 g/mol. The van der Waals surface area contributed by atoms with Crippen molar-refractivity contribution in [2.75, 3.05) is 47.8 Å². The van der Waals surface area contributed by atoms with Crippen LogP contribution in [0.1, 0.15) is 18.2 Å². The minimum absolute atomic E-state index is 0.672. The first-order valence-electron chi connectivity index (χ1n) is 8.15. The Balaban J connectivity index is 1.72. The van der Waals surface area contributed by atoms with E-state index in [1.807, 2.05) is 19.9 Å². The van der Waals surface area contributed by atoms with Crippen molar-refractivity contribution in [2.24, 2.45) is 0 Å². The van der Waals surface area contributed by atoms with Gasteiger partial charge in [0.1, 0.15) is 11.9 Å². The molecule has 7 nitrogen and oxygen atoms in total. The van der Waals surface area contributed by atoms with E-state index in [0.717, 1.165) is 49.9 Å². The molecule has 3 heterocycles. The van der Waals surface area contributed by atoms with E-state index in [1.54, 1.807) is 18.5 Å². The van der Waals surface area contributed by atoms with Gasteiger partial charge in [0.15, 0.2) is 0 Å². The second-order valence-electron chi connectivity index (χ2n) is 5.70. The van der Waals surface area contributed by atoms with Crippen LogP contribution >= 0.6 is 0 Å². The fourth-order valence-electron chi connectivity index (χ4n) is 2.86. The van der Waals surface area contributed by atoms with Crippen LogP contribution in [0, 0.1) is 18.3 Å². The molecule has 24 heavy (non-hydrogen) atoms. The first-order valence-corrected chi connectivity index (χ1v) is 8.15. The van der Waals surface area contributed by atoms with Gasteiger partial charge in [0.25, 0.3) is 0 Å². The maximum Gasteiger partial charge on any atom is 0.224 e. The van der Waals surface area contributed by atoms with Gasteiger partial charge in [0, 0.05) is 50.7 Å². The first kappa shape index (κ1) is 16.0. The molecule has 2 aromatic rings. The van der Waals surface area contributed by atoms with Gasteiger partial charge in [-0.2, -0.15) is 10.2 Å². The second kappa shape index (κ2) is 7.13. The summed E-state index contributed by atoms with van der Waals surface area (Å²) in [7, 11) is 0. The summed E-state index contributed by atoms with van der Waals surface area (Å²) in [5, 5.41) is 12.4. The SMILES string of the molecule is CCNc1nc(C)cc(N2CCN(c3cnccc3C#N)CC2)n1. The third-order valence-corrected chi connectivity index (χ3v) is 4.04. The van der Waals surface area contributed by atoms with Crippen LogP contribution in [0.2, 0.25) is 0 Å². The Morgan fingerprint density at radius 1 is 1.21 bits per heavy atom. The second-order valence-corrected chi connectivity index (χ2v) is 5.70. The number of nitrogens with one attached hydrogen (secondary N) is 1. The van der Waals surface area contributed by atoms with Crippen molar-refractivity contribution in [3.05, 3.63) is 35.8 Å². The van der Waals surface area contributed by atoms with Crippen LogP contribution in [0.4, 0.5) is 17.5 Å². The van der Waals surface area contributed by atoms with Gasteiger partial charge >= 0.3 is 0 Å². The molecular weight excluding hydrogens is 302 g/mol. The summed E-state index contributed by atoms with van der Waals surface area (Å²) in [5.41, 5.74) is 2.54. The van der Waals surface area contributed by atoms with Gasteiger partial charge in [-0.05, 0) is 19.9 Å².